The molecule has 0 N–H and O–H groups in total. The van der Waals surface area contributed by atoms with Gasteiger partial charge in [0, 0.05) is 12.1 Å². The second kappa shape index (κ2) is 9.15. The van der Waals surface area contributed by atoms with Crippen LogP contribution in [-0.2, 0) is 5.54 Å². The normalized spacial score (nSPS) is 12.4. The van der Waals surface area contributed by atoms with Crippen LogP contribution in [-0.4, -0.2) is 9.55 Å². The lowest BCUT2D eigenvalue weighted by Gasteiger charge is -2.37. The van der Waals surface area contributed by atoms with Gasteiger partial charge in [-0.2, -0.15) is 0 Å². The number of nitrogens with zero attached hydrogens (tertiary/aromatic N) is 2. The standard InChI is InChI=1S/C32H30N2/c1-24-14-13-21-30(25(24)2)26(3)31-22-34(23-33-31)32(27-15-7-4-8-16-27,28-17-9-5-10-18-28)29-19-11-6-12-20-29/h4-23,26H,1-3H3. The van der Waals surface area contributed by atoms with Crippen molar-refractivity contribution in [1.82, 2.24) is 9.55 Å². The molecule has 0 amide bonds. The molecule has 168 valence electrons. The van der Waals surface area contributed by atoms with E-state index in [-0.39, 0.29) is 5.92 Å². The lowest BCUT2D eigenvalue weighted by atomic mass is 9.76. The third-order valence-electron chi connectivity index (χ3n) is 7.12. The van der Waals surface area contributed by atoms with Crippen LogP contribution in [0, 0.1) is 13.8 Å². The molecule has 1 unspecified atom stereocenters. The molecule has 5 aromatic rings. The van der Waals surface area contributed by atoms with E-state index in [2.05, 4.69) is 141 Å². The molecule has 0 spiro atoms. The first kappa shape index (κ1) is 21.9. The summed E-state index contributed by atoms with van der Waals surface area (Å²) < 4.78 is 2.30. The van der Waals surface area contributed by atoms with Gasteiger partial charge in [-0.05, 0) is 47.2 Å². The molecule has 1 aromatic heterocycles. The summed E-state index contributed by atoms with van der Waals surface area (Å²) in [6.07, 6.45) is 4.24. The zero-order chi connectivity index (χ0) is 23.5. The van der Waals surface area contributed by atoms with Crippen LogP contribution in [0.4, 0.5) is 0 Å². The molecule has 0 fully saturated rings. The molecular formula is C32H30N2. The average Bonchev–Trinajstić information content (AvgIpc) is 3.38. The highest BCUT2D eigenvalue weighted by Crippen LogP contribution is 2.41. The van der Waals surface area contributed by atoms with Crippen molar-refractivity contribution >= 4 is 0 Å². The summed E-state index contributed by atoms with van der Waals surface area (Å²) in [5.74, 6) is 0.196. The van der Waals surface area contributed by atoms with E-state index in [4.69, 9.17) is 4.98 Å². The van der Waals surface area contributed by atoms with Gasteiger partial charge in [0.15, 0.2) is 0 Å². The molecule has 2 nitrogen and oxygen atoms in total. The first-order valence-corrected chi connectivity index (χ1v) is 11.9. The lowest BCUT2D eigenvalue weighted by Crippen LogP contribution is -2.36. The fraction of sp³-hybridized carbons (Fsp3) is 0.156. The fourth-order valence-electron chi connectivity index (χ4n) is 5.13. The van der Waals surface area contributed by atoms with Crippen molar-refractivity contribution in [1.29, 1.82) is 0 Å². The first-order chi connectivity index (χ1) is 16.6. The molecule has 0 aliphatic rings. The number of benzene rings is 4. The van der Waals surface area contributed by atoms with Crippen LogP contribution in [0.2, 0.25) is 0 Å². The highest BCUT2D eigenvalue weighted by molar-refractivity contribution is 5.51. The van der Waals surface area contributed by atoms with Crippen molar-refractivity contribution in [2.45, 2.75) is 32.2 Å². The van der Waals surface area contributed by atoms with Gasteiger partial charge in [0.2, 0.25) is 0 Å². The zero-order valence-electron chi connectivity index (χ0n) is 20.0. The quantitative estimate of drug-likeness (QED) is 0.249. The van der Waals surface area contributed by atoms with E-state index in [1.807, 2.05) is 6.33 Å². The Kier molecular flexibility index (Phi) is 5.90. The van der Waals surface area contributed by atoms with E-state index in [0.717, 1.165) is 5.69 Å². The summed E-state index contributed by atoms with van der Waals surface area (Å²) in [7, 11) is 0. The summed E-state index contributed by atoms with van der Waals surface area (Å²) >= 11 is 0. The van der Waals surface area contributed by atoms with Crippen molar-refractivity contribution in [2.24, 2.45) is 0 Å². The molecule has 0 saturated heterocycles. The molecule has 2 heteroatoms. The average molecular weight is 443 g/mol. The van der Waals surface area contributed by atoms with E-state index in [9.17, 15) is 0 Å². The summed E-state index contributed by atoms with van der Waals surface area (Å²) in [5.41, 5.74) is 8.13. The molecule has 4 aromatic carbocycles. The first-order valence-electron chi connectivity index (χ1n) is 11.9. The number of hydrogen-bond acceptors (Lipinski definition) is 1. The van der Waals surface area contributed by atoms with Gasteiger partial charge in [-0.1, -0.05) is 116 Å². The molecule has 34 heavy (non-hydrogen) atoms. The van der Waals surface area contributed by atoms with E-state index in [0.29, 0.717) is 0 Å². The Balaban J connectivity index is 1.75. The highest BCUT2D eigenvalue weighted by Gasteiger charge is 2.38. The van der Waals surface area contributed by atoms with Crippen LogP contribution in [0.1, 0.15) is 51.9 Å². The number of hydrogen-bond donors (Lipinski definition) is 0. The molecule has 0 aliphatic carbocycles. The van der Waals surface area contributed by atoms with Gasteiger partial charge in [0.1, 0.15) is 5.54 Å². The van der Waals surface area contributed by atoms with Crippen LogP contribution in [0.15, 0.2) is 122 Å². The maximum absolute atomic E-state index is 4.97. The predicted octanol–water partition coefficient (Wildman–Crippen LogP) is 7.49. The molecule has 0 radical (unpaired) electrons. The number of rotatable bonds is 6. The maximum atomic E-state index is 4.97. The third kappa shape index (κ3) is 3.66. The van der Waals surface area contributed by atoms with E-state index in [1.165, 1.54) is 33.4 Å². The minimum Gasteiger partial charge on any atom is -0.319 e. The smallest absolute Gasteiger partial charge is 0.121 e. The molecular weight excluding hydrogens is 412 g/mol. The number of aromatic nitrogens is 2. The molecule has 1 heterocycles. The van der Waals surface area contributed by atoms with Crippen molar-refractivity contribution in [3.8, 4) is 0 Å². The minimum atomic E-state index is -0.531. The van der Waals surface area contributed by atoms with Crippen molar-refractivity contribution < 1.29 is 0 Å². The van der Waals surface area contributed by atoms with Gasteiger partial charge in [-0.15, -0.1) is 0 Å². The zero-order valence-corrected chi connectivity index (χ0v) is 20.0. The molecule has 1 atom stereocenters. The van der Waals surface area contributed by atoms with Gasteiger partial charge < -0.3 is 4.57 Å². The topological polar surface area (TPSA) is 17.8 Å². The third-order valence-corrected chi connectivity index (χ3v) is 7.12. The second-order valence-electron chi connectivity index (χ2n) is 9.03. The van der Waals surface area contributed by atoms with Crippen LogP contribution in [0.5, 0.6) is 0 Å². The Hall–Kier alpha value is -3.91. The predicted molar refractivity (Wildman–Crippen MR) is 140 cm³/mol. The Labute approximate surface area is 202 Å². The van der Waals surface area contributed by atoms with Gasteiger partial charge in [-0.25, -0.2) is 4.98 Å². The van der Waals surface area contributed by atoms with Crippen LogP contribution in [0.25, 0.3) is 0 Å². The van der Waals surface area contributed by atoms with Gasteiger partial charge in [0.25, 0.3) is 0 Å². The Morgan fingerprint density at radius 2 is 1.15 bits per heavy atom. The van der Waals surface area contributed by atoms with Crippen molar-refractivity contribution in [3.63, 3.8) is 0 Å². The second-order valence-corrected chi connectivity index (χ2v) is 9.03. The lowest BCUT2D eigenvalue weighted by molar-refractivity contribution is 0.514. The molecule has 0 aliphatic heterocycles. The Bertz CT molecular complexity index is 1270. The fourth-order valence-corrected chi connectivity index (χ4v) is 5.13. The molecule has 0 bridgehead atoms. The summed E-state index contributed by atoms with van der Waals surface area (Å²) in [6.45, 7) is 6.64. The monoisotopic (exact) mass is 442 g/mol. The SMILES string of the molecule is Cc1cccc(C(C)c2cn(C(c3ccccc3)(c3ccccc3)c3ccccc3)cn2)c1C. The van der Waals surface area contributed by atoms with E-state index >= 15 is 0 Å². The van der Waals surface area contributed by atoms with Crippen molar-refractivity contribution in [2.75, 3.05) is 0 Å². The maximum Gasteiger partial charge on any atom is 0.121 e. The molecule has 0 saturated carbocycles. The van der Waals surface area contributed by atoms with Crippen LogP contribution in [0.3, 0.4) is 0 Å². The summed E-state index contributed by atoms with van der Waals surface area (Å²) in [6, 6.07) is 38.8. The summed E-state index contributed by atoms with van der Waals surface area (Å²) in [4.78, 5) is 4.97. The Morgan fingerprint density at radius 1 is 0.647 bits per heavy atom. The van der Waals surface area contributed by atoms with E-state index in [1.54, 1.807) is 0 Å². The van der Waals surface area contributed by atoms with Crippen molar-refractivity contribution in [3.05, 3.63) is 161 Å². The van der Waals surface area contributed by atoms with Gasteiger partial charge in [-0.3, -0.25) is 0 Å². The van der Waals surface area contributed by atoms with Gasteiger partial charge in [0.05, 0.1) is 12.0 Å². The highest BCUT2D eigenvalue weighted by atomic mass is 15.1. The van der Waals surface area contributed by atoms with Crippen LogP contribution >= 0.6 is 0 Å². The van der Waals surface area contributed by atoms with Crippen LogP contribution < -0.4 is 0 Å². The van der Waals surface area contributed by atoms with E-state index < -0.39 is 5.54 Å². The summed E-state index contributed by atoms with van der Waals surface area (Å²) in [5, 5.41) is 0. The van der Waals surface area contributed by atoms with Gasteiger partial charge >= 0.3 is 0 Å². The minimum absolute atomic E-state index is 0.196. The number of imidazole rings is 1. The largest absolute Gasteiger partial charge is 0.319 e. The number of aryl methyl sites for hydroxylation is 1. The Morgan fingerprint density at radius 3 is 1.65 bits per heavy atom. The molecule has 5 rings (SSSR count).